The molecule has 0 saturated carbocycles. The fraction of sp³-hybridized carbons (Fsp3) is 0. The Hall–Kier alpha value is -2.44. The fourth-order valence-electron chi connectivity index (χ4n) is 1.57. The SMILES string of the molecule is O=C(NN=Cc1ccccc1F)C(=O)Nc1cccc(Cl)c1Cl. The van der Waals surface area contributed by atoms with E-state index in [1.807, 2.05) is 5.43 Å². The first kappa shape index (κ1) is 16.9. The Morgan fingerprint density at radius 2 is 1.78 bits per heavy atom. The zero-order chi connectivity index (χ0) is 16.8. The molecule has 0 aliphatic carbocycles. The lowest BCUT2D eigenvalue weighted by Crippen LogP contribution is -2.32. The first-order chi connectivity index (χ1) is 11.0. The molecule has 0 aliphatic rings. The normalized spacial score (nSPS) is 10.6. The van der Waals surface area contributed by atoms with Crippen molar-refractivity contribution in [2.45, 2.75) is 0 Å². The zero-order valence-corrected chi connectivity index (χ0v) is 13.0. The van der Waals surface area contributed by atoms with Gasteiger partial charge in [0.2, 0.25) is 0 Å². The second kappa shape index (κ2) is 7.71. The van der Waals surface area contributed by atoms with Crippen LogP contribution in [-0.2, 0) is 9.59 Å². The third-order valence-electron chi connectivity index (χ3n) is 2.68. The predicted molar refractivity (Wildman–Crippen MR) is 87.2 cm³/mol. The molecule has 0 fully saturated rings. The van der Waals surface area contributed by atoms with E-state index in [1.54, 1.807) is 12.1 Å². The molecule has 23 heavy (non-hydrogen) atoms. The summed E-state index contributed by atoms with van der Waals surface area (Å²) in [5.41, 5.74) is 2.35. The van der Waals surface area contributed by atoms with Crippen molar-refractivity contribution >= 4 is 46.9 Å². The molecule has 0 unspecified atom stereocenters. The van der Waals surface area contributed by atoms with Crippen molar-refractivity contribution in [3.8, 4) is 0 Å². The Bertz CT molecular complexity index is 781. The molecule has 0 bridgehead atoms. The van der Waals surface area contributed by atoms with Gasteiger partial charge >= 0.3 is 11.8 Å². The molecule has 118 valence electrons. The van der Waals surface area contributed by atoms with Crippen LogP contribution in [0.2, 0.25) is 10.0 Å². The van der Waals surface area contributed by atoms with Crippen molar-refractivity contribution in [1.29, 1.82) is 0 Å². The highest BCUT2D eigenvalue weighted by Crippen LogP contribution is 2.29. The number of hydrogen-bond acceptors (Lipinski definition) is 3. The summed E-state index contributed by atoms with van der Waals surface area (Å²) in [5, 5.41) is 6.17. The Morgan fingerprint density at radius 1 is 1.04 bits per heavy atom. The van der Waals surface area contributed by atoms with E-state index in [0.717, 1.165) is 6.21 Å². The third kappa shape index (κ3) is 4.51. The number of anilines is 1. The highest BCUT2D eigenvalue weighted by molar-refractivity contribution is 6.45. The van der Waals surface area contributed by atoms with Crippen molar-refractivity contribution in [2.24, 2.45) is 5.10 Å². The van der Waals surface area contributed by atoms with E-state index >= 15 is 0 Å². The van der Waals surface area contributed by atoms with Crippen LogP contribution < -0.4 is 10.7 Å². The smallest absolute Gasteiger partial charge is 0.316 e. The maximum Gasteiger partial charge on any atom is 0.329 e. The summed E-state index contributed by atoms with van der Waals surface area (Å²) in [6.45, 7) is 0. The van der Waals surface area contributed by atoms with Crippen LogP contribution in [0, 0.1) is 5.82 Å². The molecule has 0 spiro atoms. The third-order valence-corrected chi connectivity index (χ3v) is 3.50. The highest BCUT2D eigenvalue weighted by Gasteiger charge is 2.15. The second-order valence-electron chi connectivity index (χ2n) is 4.28. The molecule has 0 aromatic heterocycles. The monoisotopic (exact) mass is 353 g/mol. The van der Waals surface area contributed by atoms with Crippen LogP contribution >= 0.6 is 23.2 Å². The van der Waals surface area contributed by atoms with Gasteiger partial charge in [-0.2, -0.15) is 5.10 Å². The van der Waals surface area contributed by atoms with Gasteiger partial charge in [0.15, 0.2) is 0 Å². The minimum absolute atomic E-state index is 0.116. The van der Waals surface area contributed by atoms with Crippen LogP contribution in [0.1, 0.15) is 5.56 Å². The topological polar surface area (TPSA) is 70.6 Å². The van der Waals surface area contributed by atoms with E-state index in [4.69, 9.17) is 23.2 Å². The van der Waals surface area contributed by atoms with Crippen molar-refractivity contribution in [3.05, 3.63) is 63.9 Å². The van der Waals surface area contributed by atoms with E-state index in [1.165, 1.54) is 30.3 Å². The minimum Gasteiger partial charge on any atom is -0.316 e. The van der Waals surface area contributed by atoms with E-state index in [2.05, 4.69) is 10.4 Å². The van der Waals surface area contributed by atoms with E-state index in [9.17, 15) is 14.0 Å². The van der Waals surface area contributed by atoms with Gasteiger partial charge in [0.25, 0.3) is 0 Å². The Kier molecular flexibility index (Phi) is 5.67. The molecule has 0 heterocycles. The number of rotatable bonds is 3. The number of amides is 2. The molecule has 2 aromatic rings. The molecule has 0 saturated heterocycles. The lowest BCUT2D eigenvalue weighted by molar-refractivity contribution is -0.136. The predicted octanol–water partition coefficient (Wildman–Crippen LogP) is 3.22. The molecule has 2 aromatic carbocycles. The van der Waals surface area contributed by atoms with Gasteiger partial charge in [0.05, 0.1) is 21.9 Å². The number of halogens is 3. The number of nitrogens with one attached hydrogen (secondary N) is 2. The van der Waals surface area contributed by atoms with Gasteiger partial charge in [-0.3, -0.25) is 9.59 Å². The number of hydrazone groups is 1. The first-order valence-corrected chi connectivity index (χ1v) is 7.07. The van der Waals surface area contributed by atoms with Gasteiger partial charge in [-0.05, 0) is 18.2 Å². The Labute approximate surface area is 141 Å². The average molecular weight is 354 g/mol. The standard InChI is InChI=1S/C15H10Cl2FN3O2/c16-10-5-3-7-12(13(10)17)20-14(22)15(23)21-19-8-9-4-1-2-6-11(9)18/h1-8H,(H,20,22)(H,21,23). The van der Waals surface area contributed by atoms with Crippen molar-refractivity contribution < 1.29 is 14.0 Å². The van der Waals surface area contributed by atoms with Crippen molar-refractivity contribution in [3.63, 3.8) is 0 Å². The van der Waals surface area contributed by atoms with Gasteiger partial charge in [0, 0.05) is 5.56 Å². The van der Waals surface area contributed by atoms with Gasteiger partial charge in [0.1, 0.15) is 5.82 Å². The summed E-state index contributed by atoms with van der Waals surface area (Å²) in [6, 6.07) is 10.4. The molecule has 2 N–H and O–H groups in total. The maximum atomic E-state index is 13.3. The summed E-state index contributed by atoms with van der Waals surface area (Å²) < 4.78 is 13.3. The van der Waals surface area contributed by atoms with Crippen LogP contribution in [0.4, 0.5) is 10.1 Å². The maximum absolute atomic E-state index is 13.3. The van der Waals surface area contributed by atoms with Gasteiger partial charge < -0.3 is 5.32 Å². The number of benzene rings is 2. The Balaban J connectivity index is 1.97. The zero-order valence-electron chi connectivity index (χ0n) is 11.5. The summed E-state index contributed by atoms with van der Waals surface area (Å²) >= 11 is 11.7. The highest BCUT2D eigenvalue weighted by atomic mass is 35.5. The van der Waals surface area contributed by atoms with Crippen LogP contribution in [-0.4, -0.2) is 18.0 Å². The van der Waals surface area contributed by atoms with E-state index in [0.29, 0.717) is 0 Å². The molecular weight excluding hydrogens is 344 g/mol. The fourth-order valence-corrected chi connectivity index (χ4v) is 1.92. The summed E-state index contributed by atoms with van der Waals surface area (Å²) in [6.07, 6.45) is 1.09. The molecular formula is C15H10Cl2FN3O2. The molecule has 5 nitrogen and oxygen atoms in total. The first-order valence-electron chi connectivity index (χ1n) is 6.32. The molecule has 2 amide bonds. The summed E-state index contributed by atoms with van der Waals surface area (Å²) in [7, 11) is 0. The summed E-state index contributed by atoms with van der Waals surface area (Å²) in [5.74, 6) is -2.52. The van der Waals surface area contributed by atoms with Crippen molar-refractivity contribution in [1.82, 2.24) is 5.43 Å². The Morgan fingerprint density at radius 3 is 2.52 bits per heavy atom. The number of nitrogens with zero attached hydrogens (tertiary/aromatic N) is 1. The molecule has 0 radical (unpaired) electrons. The van der Waals surface area contributed by atoms with E-state index < -0.39 is 17.6 Å². The lowest BCUT2D eigenvalue weighted by atomic mass is 10.2. The molecule has 0 aliphatic heterocycles. The second-order valence-corrected chi connectivity index (χ2v) is 5.06. The van der Waals surface area contributed by atoms with Crippen LogP contribution in [0.5, 0.6) is 0 Å². The van der Waals surface area contributed by atoms with Crippen LogP contribution in [0.15, 0.2) is 47.6 Å². The van der Waals surface area contributed by atoms with Gasteiger partial charge in [-0.1, -0.05) is 47.5 Å². The van der Waals surface area contributed by atoms with Crippen LogP contribution in [0.3, 0.4) is 0 Å². The summed E-state index contributed by atoms with van der Waals surface area (Å²) in [4.78, 5) is 23.3. The average Bonchev–Trinajstić information content (AvgIpc) is 2.53. The number of hydrogen-bond donors (Lipinski definition) is 2. The van der Waals surface area contributed by atoms with Gasteiger partial charge in [-0.25, -0.2) is 9.82 Å². The minimum atomic E-state index is -1.03. The van der Waals surface area contributed by atoms with Crippen LogP contribution in [0.25, 0.3) is 0 Å². The molecule has 2 rings (SSSR count). The number of carbonyl (C=O) groups is 2. The lowest BCUT2D eigenvalue weighted by Gasteiger charge is -2.06. The number of carbonyl (C=O) groups excluding carboxylic acids is 2. The quantitative estimate of drug-likeness (QED) is 0.505. The van der Waals surface area contributed by atoms with Gasteiger partial charge in [-0.15, -0.1) is 0 Å². The van der Waals surface area contributed by atoms with Crippen molar-refractivity contribution in [2.75, 3.05) is 5.32 Å². The molecule has 8 heteroatoms. The largest absolute Gasteiger partial charge is 0.329 e. The van der Waals surface area contributed by atoms with E-state index in [-0.39, 0.29) is 21.3 Å². The molecule has 0 atom stereocenters.